The molecule has 0 spiro atoms. The van der Waals surface area contributed by atoms with Crippen LogP contribution in [0.25, 0.3) is 0 Å². The molecule has 0 radical (unpaired) electrons. The van der Waals surface area contributed by atoms with Gasteiger partial charge in [-0.2, -0.15) is 0 Å². The predicted octanol–water partition coefficient (Wildman–Crippen LogP) is 5.05. The van der Waals surface area contributed by atoms with E-state index in [4.69, 9.17) is 23.2 Å². The Labute approximate surface area is 134 Å². The van der Waals surface area contributed by atoms with Crippen molar-refractivity contribution >= 4 is 40.5 Å². The number of nitrogens with one attached hydrogen (secondary N) is 2. The molecular formula is C15H18Cl2N4. The molecule has 2 aromatic rings. The maximum Gasteiger partial charge on any atom is 0.136 e. The molecule has 2 N–H and O–H groups in total. The second-order valence-electron chi connectivity index (χ2n) is 5.81. The normalized spacial score (nSPS) is 11.3. The Hall–Kier alpha value is -1.52. The first kappa shape index (κ1) is 15.9. The number of anilines is 3. The largest absolute Gasteiger partial charge is 0.365 e. The highest BCUT2D eigenvalue weighted by Gasteiger charge is 2.12. The van der Waals surface area contributed by atoms with Crippen LogP contribution in [-0.4, -0.2) is 15.5 Å². The van der Waals surface area contributed by atoms with Crippen LogP contribution in [-0.2, 0) is 0 Å². The second kappa shape index (κ2) is 6.08. The van der Waals surface area contributed by atoms with Gasteiger partial charge in [0.15, 0.2) is 0 Å². The third-order valence-corrected chi connectivity index (χ3v) is 3.27. The average molecular weight is 325 g/mol. The Balaban J connectivity index is 2.25. The van der Waals surface area contributed by atoms with E-state index in [-0.39, 0.29) is 5.54 Å². The topological polar surface area (TPSA) is 49.8 Å². The first-order valence-corrected chi connectivity index (χ1v) is 7.34. The van der Waals surface area contributed by atoms with Crippen molar-refractivity contribution in [2.24, 2.45) is 0 Å². The van der Waals surface area contributed by atoms with E-state index in [1.54, 1.807) is 12.1 Å². The number of hydrogen-bond donors (Lipinski definition) is 2. The Bertz CT molecular complexity index is 651. The van der Waals surface area contributed by atoms with Gasteiger partial charge in [0.25, 0.3) is 0 Å². The Kier molecular flexibility index (Phi) is 4.59. The summed E-state index contributed by atoms with van der Waals surface area (Å²) in [6, 6.07) is 7.22. The van der Waals surface area contributed by atoms with Crippen molar-refractivity contribution in [2.75, 3.05) is 10.6 Å². The molecule has 0 aliphatic rings. The van der Waals surface area contributed by atoms with E-state index in [0.717, 1.165) is 11.5 Å². The second-order valence-corrected chi connectivity index (χ2v) is 6.63. The average Bonchev–Trinajstić information content (AvgIpc) is 2.31. The minimum Gasteiger partial charge on any atom is -0.365 e. The van der Waals surface area contributed by atoms with Crippen LogP contribution in [0.1, 0.15) is 26.6 Å². The lowest BCUT2D eigenvalue weighted by atomic mass is 10.1. The first-order valence-electron chi connectivity index (χ1n) is 6.59. The van der Waals surface area contributed by atoms with E-state index in [1.807, 2.05) is 19.1 Å². The molecule has 0 aliphatic heterocycles. The van der Waals surface area contributed by atoms with E-state index >= 15 is 0 Å². The van der Waals surface area contributed by atoms with E-state index in [2.05, 4.69) is 41.4 Å². The number of benzene rings is 1. The smallest absolute Gasteiger partial charge is 0.136 e. The molecule has 0 atom stereocenters. The molecule has 0 bridgehead atoms. The molecule has 112 valence electrons. The van der Waals surface area contributed by atoms with Gasteiger partial charge in [0, 0.05) is 17.3 Å². The van der Waals surface area contributed by atoms with E-state index < -0.39 is 0 Å². The number of hydrogen-bond acceptors (Lipinski definition) is 4. The summed E-state index contributed by atoms with van der Waals surface area (Å²) >= 11 is 11.9. The summed E-state index contributed by atoms with van der Waals surface area (Å²) < 4.78 is 0. The number of halogens is 2. The van der Waals surface area contributed by atoms with E-state index in [0.29, 0.717) is 21.7 Å². The van der Waals surface area contributed by atoms with E-state index in [1.165, 1.54) is 0 Å². The van der Waals surface area contributed by atoms with Gasteiger partial charge in [-0.1, -0.05) is 23.2 Å². The summed E-state index contributed by atoms with van der Waals surface area (Å²) in [6.45, 7) is 8.09. The summed E-state index contributed by atoms with van der Waals surface area (Å²) in [6.07, 6.45) is 0. The number of rotatable bonds is 3. The van der Waals surface area contributed by atoms with Crippen LogP contribution < -0.4 is 10.6 Å². The van der Waals surface area contributed by atoms with Crippen molar-refractivity contribution in [3.05, 3.63) is 40.1 Å². The molecule has 0 aliphatic carbocycles. The molecule has 0 saturated heterocycles. The van der Waals surface area contributed by atoms with E-state index in [9.17, 15) is 0 Å². The fourth-order valence-electron chi connectivity index (χ4n) is 1.80. The van der Waals surface area contributed by atoms with Crippen molar-refractivity contribution in [3.8, 4) is 0 Å². The van der Waals surface area contributed by atoms with Gasteiger partial charge in [0.2, 0.25) is 0 Å². The maximum atomic E-state index is 6.01. The van der Waals surface area contributed by atoms with Gasteiger partial charge in [-0.05, 0) is 45.9 Å². The minimum atomic E-state index is -0.0678. The molecule has 0 fully saturated rings. The van der Waals surface area contributed by atoms with Crippen LogP contribution in [0.4, 0.5) is 17.3 Å². The molecule has 6 heteroatoms. The maximum absolute atomic E-state index is 6.01. The molecule has 1 aromatic carbocycles. The zero-order chi connectivity index (χ0) is 15.6. The fraction of sp³-hybridized carbons (Fsp3) is 0.333. The molecule has 0 amide bonds. The van der Waals surface area contributed by atoms with Gasteiger partial charge in [-0.3, -0.25) is 0 Å². The zero-order valence-corrected chi connectivity index (χ0v) is 14.0. The van der Waals surface area contributed by atoms with Gasteiger partial charge in [0.1, 0.15) is 17.5 Å². The lowest BCUT2D eigenvalue weighted by Gasteiger charge is -2.21. The van der Waals surface area contributed by atoms with Crippen LogP contribution in [0.15, 0.2) is 24.3 Å². The minimum absolute atomic E-state index is 0.0678. The summed E-state index contributed by atoms with van der Waals surface area (Å²) in [5.74, 6) is 2.16. The van der Waals surface area contributed by atoms with Crippen molar-refractivity contribution < 1.29 is 0 Å². The monoisotopic (exact) mass is 324 g/mol. The summed E-state index contributed by atoms with van der Waals surface area (Å²) in [5, 5.41) is 7.56. The van der Waals surface area contributed by atoms with Crippen LogP contribution >= 0.6 is 23.2 Å². The highest BCUT2D eigenvalue weighted by Crippen LogP contribution is 2.27. The van der Waals surface area contributed by atoms with Gasteiger partial charge in [-0.15, -0.1) is 0 Å². The van der Waals surface area contributed by atoms with Gasteiger partial charge in [-0.25, -0.2) is 9.97 Å². The Morgan fingerprint density at radius 3 is 2.24 bits per heavy atom. The third-order valence-electron chi connectivity index (χ3n) is 2.53. The zero-order valence-electron chi connectivity index (χ0n) is 12.5. The lowest BCUT2D eigenvalue weighted by molar-refractivity contribution is 0.629. The number of aromatic nitrogens is 2. The molecule has 1 aromatic heterocycles. The third kappa shape index (κ3) is 4.76. The predicted molar refractivity (Wildman–Crippen MR) is 89.9 cm³/mol. The fourth-order valence-corrected chi connectivity index (χ4v) is 2.10. The number of aryl methyl sites for hydroxylation is 1. The molecule has 0 saturated carbocycles. The van der Waals surface area contributed by atoms with Gasteiger partial charge < -0.3 is 10.6 Å². The van der Waals surface area contributed by atoms with Crippen LogP contribution in [0.5, 0.6) is 0 Å². The van der Waals surface area contributed by atoms with Crippen molar-refractivity contribution in [1.29, 1.82) is 0 Å². The van der Waals surface area contributed by atoms with Gasteiger partial charge >= 0.3 is 0 Å². The molecule has 21 heavy (non-hydrogen) atoms. The van der Waals surface area contributed by atoms with Crippen LogP contribution in [0, 0.1) is 6.92 Å². The number of nitrogens with zero attached hydrogens (tertiary/aromatic N) is 2. The highest BCUT2D eigenvalue weighted by molar-refractivity contribution is 6.42. The summed E-state index contributed by atoms with van der Waals surface area (Å²) in [7, 11) is 0. The van der Waals surface area contributed by atoms with Crippen molar-refractivity contribution in [3.63, 3.8) is 0 Å². The summed E-state index contributed by atoms with van der Waals surface area (Å²) in [4.78, 5) is 8.76. The Morgan fingerprint density at radius 2 is 1.62 bits per heavy atom. The quantitative estimate of drug-likeness (QED) is 0.829. The molecule has 1 heterocycles. The SMILES string of the molecule is Cc1nc(Nc2ccc(Cl)c(Cl)c2)cc(NC(C)(C)C)n1. The summed E-state index contributed by atoms with van der Waals surface area (Å²) in [5.41, 5.74) is 0.756. The van der Waals surface area contributed by atoms with Crippen molar-refractivity contribution in [1.82, 2.24) is 9.97 Å². The first-order chi connectivity index (χ1) is 9.73. The highest BCUT2D eigenvalue weighted by atomic mass is 35.5. The molecule has 0 unspecified atom stereocenters. The van der Waals surface area contributed by atoms with Crippen molar-refractivity contribution in [2.45, 2.75) is 33.2 Å². The lowest BCUT2D eigenvalue weighted by Crippen LogP contribution is -2.26. The Morgan fingerprint density at radius 1 is 0.952 bits per heavy atom. The van der Waals surface area contributed by atoms with Gasteiger partial charge in [0.05, 0.1) is 10.0 Å². The molecule has 2 rings (SSSR count). The standard InChI is InChI=1S/C15H18Cl2N4/c1-9-18-13(8-14(19-9)21-15(2,3)4)20-10-5-6-11(16)12(17)7-10/h5-8H,1-4H3,(H2,18,19,20,21). The molecular weight excluding hydrogens is 307 g/mol. The van der Waals surface area contributed by atoms with Crippen LogP contribution in [0.3, 0.4) is 0 Å². The van der Waals surface area contributed by atoms with Crippen LogP contribution in [0.2, 0.25) is 10.0 Å². The molecule has 4 nitrogen and oxygen atoms in total.